The van der Waals surface area contributed by atoms with E-state index in [1.54, 1.807) is 19.1 Å². The number of methoxy groups -OCH3 is 1. The van der Waals surface area contributed by atoms with Gasteiger partial charge in [-0.05, 0) is 51.2 Å². The van der Waals surface area contributed by atoms with Crippen LogP contribution < -0.4 is 20.1 Å². The van der Waals surface area contributed by atoms with E-state index >= 15 is 8.78 Å². The van der Waals surface area contributed by atoms with E-state index in [4.69, 9.17) is 29.0 Å². The monoisotopic (exact) mass is 682 g/mol. The number of nitrogens with one attached hydrogen (secondary N) is 1. The minimum Gasteiger partial charge on any atom is -0.476 e. The van der Waals surface area contributed by atoms with Crippen LogP contribution in [0.15, 0.2) is 30.6 Å². The van der Waals surface area contributed by atoms with E-state index in [-0.39, 0.29) is 47.9 Å². The number of nitrogen functional groups attached to an aromatic ring is 1. The first-order chi connectivity index (χ1) is 22.1. The third kappa shape index (κ3) is 8.07. The Balaban J connectivity index is 1.64. The molecular formula is C30H41F2N6O8P. The van der Waals surface area contributed by atoms with E-state index in [0.717, 1.165) is 36.9 Å². The maximum absolute atomic E-state index is 16.5. The first kappa shape index (κ1) is 36.2. The smallest absolute Gasteiger partial charge is 0.459 e. The zero-order valence-electron chi connectivity index (χ0n) is 27.1. The number of aryl methyl sites for hydroxylation is 1. The van der Waals surface area contributed by atoms with Crippen LogP contribution in [0.2, 0.25) is 0 Å². The molecule has 5 atom stereocenters. The number of nitrogens with zero attached hydrogens (tertiary/aromatic N) is 4. The number of carbonyl (C=O) groups is 1. The number of rotatable bonds is 16. The minimum absolute atomic E-state index is 0.0101. The summed E-state index contributed by atoms with van der Waals surface area (Å²) < 4.78 is 74.9. The van der Waals surface area contributed by atoms with Crippen LogP contribution in [0.1, 0.15) is 52.2 Å². The van der Waals surface area contributed by atoms with Crippen molar-refractivity contribution in [2.24, 2.45) is 5.92 Å². The first-order valence-electron chi connectivity index (χ1n) is 15.1. The molecule has 4 N–H and O–H groups in total. The molecule has 0 aliphatic heterocycles. The molecule has 0 radical (unpaired) electrons. The molecule has 1 aliphatic carbocycles. The van der Waals surface area contributed by atoms with Gasteiger partial charge in [0, 0.05) is 12.7 Å². The topological polar surface area (TPSA) is 182 Å². The summed E-state index contributed by atoms with van der Waals surface area (Å²) >= 11 is 0. The largest absolute Gasteiger partial charge is 0.476 e. The molecule has 2 heterocycles. The highest BCUT2D eigenvalue weighted by molar-refractivity contribution is 7.52. The van der Waals surface area contributed by atoms with Gasteiger partial charge in [0.15, 0.2) is 17.3 Å². The standard InChI is InChI=1S/C30H41F2N6O8P/c1-7-43-25-23-24(35-28(33)36-25)38(17-34-23)29(5,31)27(40)30(32,42-6)16-45-47(41,37-19(4)26(39)44-15-18(2)3)46-22-14-10-12-20-11-8-9-13-21(20)22/h9-10,12-14,17-19,27,40H,7-8,11,15-16H2,1-6H3,(H,37,41)(H2,33,35,36)/t19?,27-,29-,30+,47?/m0/s1. The highest BCUT2D eigenvalue weighted by Gasteiger charge is 2.54. The maximum Gasteiger partial charge on any atom is 0.459 e. The number of fused-ring (bicyclic) bond motifs is 2. The van der Waals surface area contributed by atoms with Gasteiger partial charge in [-0.1, -0.05) is 38.1 Å². The third-order valence-corrected chi connectivity index (χ3v) is 8.93. The number of imidazole rings is 1. The van der Waals surface area contributed by atoms with Crippen molar-refractivity contribution in [3.8, 4) is 11.6 Å². The summed E-state index contributed by atoms with van der Waals surface area (Å²) in [6.07, 6.45) is 3.51. The molecule has 47 heavy (non-hydrogen) atoms. The number of aliphatic hydroxyl groups is 1. The Morgan fingerprint density at radius 1 is 1.26 bits per heavy atom. The fourth-order valence-corrected chi connectivity index (χ4v) is 6.32. The van der Waals surface area contributed by atoms with Crippen LogP contribution in [-0.2, 0) is 35.6 Å². The minimum atomic E-state index is -4.68. The number of aliphatic hydroxyl groups excluding tert-OH is 1. The molecule has 1 aromatic carbocycles. The highest BCUT2D eigenvalue weighted by Crippen LogP contribution is 2.49. The van der Waals surface area contributed by atoms with Gasteiger partial charge in [-0.2, -0.15) is 15.1 Å². The van der Waals surface area contributed by atoms with Gasteiger partial charge in [-0.15, -0.1) is 0 Å². The molecule has 0 spiro atoms. The fourth-order valence-electron chi connectivity index (χ4n) is 4.79. The normalized spacial score (nSPS) is 18.1. The molecular weight excluding hydrogens is 641 g/mol. The van der Waals surface area contributed by atoms with Crippen molar-refractivity contribution in [1.82, 2.24) is 24.6 Å². The molecule has 1 aliphatic rings. The zero-order valence-corrected chi connectivity index (χ0v) is 28.0. The average molecular weight is 683 g/mol. The van der Waals surface area contributed by atoms with E-state index in [1.165, 1.54) is 13.0 Å². The van der Waals surface area contributed by atoms with Crippen molar-refractivity contribution in [2.45, 2.75) is 71.3 Å². The molecule has 2 aromatic heterocycles. The van der Waals surface area contributed by atoms with Gasteiger partial charge in [0.25, 0.3) is 5.85 Å². The lowest BCUT2D eigenvalue weighted by Crippen LogP contribution is -2.55. The lowest BCUT2D eigenvalue weighted by atomic mass is 9.97. The Kier molecular flexibility index (Phi) is 11.2. The summed E-state index contributed by atoms with van der Waals surface area (Å²) in [5.41, 5.74) is 7.11. The Labute approximate surface area is 271 Å². The lowest BCUT2D eigenvalue weighted by Gasteiger charge is -2.37. The van der Waals surface area contributed by atoms with E-state index in [2.05, 4.69) is 20.0 Å². The van der Waals surface area contributed by atoms with Crippen molar-refractivity contribution >= 4 is 36.9 Å². The number of benzene rings is 1. The van der Waals surface area contributed by atoms with Crippen molar-refractivity contribution in [2.75, 3.05) is 32.7 Å². The Bertz CT molecular complexity index is 1650. The molecule has 0 fully saturated rings. The maximum atomic E-state index is 16.5. The predicted molar refractivity (Wildman–Crippen MR) is 169 cm³/mol. The van der Waals surface area contributed by atoms with Crippen LogP contribution in [0, 0.1) is 5.92 Å². The van der Waals surface area contributed by atoms with Gasteiger partial charge >= 0.3 is 13.7 Å². The number of hydrogen-bond acceptors (Lipinski definition) is 12. The van der Waals surface area contributed by atoms with E-state index in [0.29, 0.717) is 12.0 Å². The molecule has 2 unspecified atom stereocenters. The quantitative estimate of drug-likeness (QED) is 0.142. The summed E-state index contributed by atoms with van der Waals surface area (Å²) in [5.74, 6) is -7.29. The van der Waals surface area contributed by atoms with Crippen molar-refractivity contribution in [3.63, 3.8) is 0 Å². The van der Waals surface area contributed by atoms with Crippen molar-refractivity contribution in [1.29, 1.82) is 0 Å². The third-order valence-electron chi connectivity index (χ3n) is 7.32. The molecule has 0 saturated carbocycles. The van der Waals surface area contributed by atoms with E-state index in [1.807, 2.05) is 26.0 Å². The number of allylic oxidation sites excluding steroid dienone is 1. The summed E-state index contributed by atoms with van der Waals surface area (Å²) in [7, 11) is -3.81. The number of anilines is 1. The molecule has 0 amide bonds. The summed E-state index contributed by atoms with van der Waals surface area (Å²) in [6.45, 7) is 6.56. The first-order valence-corrected chi connectivity index (χ1v) is 16.6. The van der Waals surface area contributed by atoms with Gasteiger partial charge < -0.3 is 29.6 Å². The van der Waals surface area contributed by atoms with E-state index < -0.39 is 44.1 Å². The van der Waals surface area contributed by atoms with Crippen molar-refractivity contribution in [3.05, 3.63) is 41.7 Å². The van der Waals surface area contributed by atoms with Gasteiger partial charge in [-0.3, -0.25) is 13.9 Å². The highest BCUT2D eigenvalue weighted by atomic mass is 31.2. The number of alkyl halides is 2. The van der Waals surface area contributed by atoms with Gasteiger partial charge in [0.2, 0.25) is 17.6 Å². The molecule has 3 aromatic rings. The van der Waals surface area contributed by atoms with Crippen LogP contribution in [0.3, 0.4) is 0 Å². The molecule has 4 rings (SSSR count). The second kappa shape index (κ2) is 14.6. The second-order valence-corrected chi connectivity index (χ2v) is 13.2. The Morgan fingerprint density at radius 2 is 2.00 bits per heavy atom. The van der Waals surface area contributed by atoms with Gasteiger partial charge in [-0.25, -0.2) is 18.3 Å². The van der Waals surface area contributed by atoms with Crippen LogP contribution in [-0.4, -0.2) is 75.5 Å². The molecule has 0 bridgehead atoms. The summed E-state index contributed by atoms with van der Waals surface area (Å²) in [5, 5.41) is 13.6. The number of aromatic nitrogens is 4. The van der Waals surface area contributed by atoms with E-state index in [9.17, 15) is 14.5 Å². The van der Waals surface area contributed by atoms with Crippen LogP contribution in [0.5, 0.6) is 11.6 Å². The van der Waals surface area contributed by atoms with Crippen LogP contribution in [0.25, 0.3) is 17.2 Å². The number of halogens is 2. The van der Waals surface area contributed by atoms with Crippen LogP contribution >= 0.6 is 7.75 Å². The number of esters is 1. The average Bonchev–Trinajstić information content (AvgIpc) is 3.47. The molecule has 14 nitrogen and oxygen atoms in total. The molecule has 0 saturated heterocycles. The summed E-state index contributed by atoms with van der Waals surface area (Å²) in [4.78, 5) is 24.7. The van der Waals surface area contributed by atoms with Crippen molar-refractivity contribution < 1.29 is 46.5 Å². The zero-order chi connectivity index (χ0) is 34.6. The lowest BCUT2D eigenvalue weighted by molar-refractivity contribution is -0.253. The molecule has 258 valence electrons. The SMILES string of the molecule is CCOc1nc(N)nc2c1ncn2[C@](C)(F)[C@H](O)[C@@](F)(COP(=O)(NC(C)C(=O)OCC(C)C)Oc1cccc2c1C=CCC2)OC. The van der Waals surface area contributed by atoms with Gasteiger partial charge in [0.1, 0.15) is 18.4 Å². The number of nitrogens with two attached hydrogens (primary N) is 1. The Hall–Kier alpha value is -3.69. The Morgan fingerprint density at radius 3 is 2.68 bits per heavy atom. The number of carbonyl (C=O) groups excluding carboxylic acids is 1. The predicted octanol–water partition coefficient (Wildman–Crippen LogP) is 4.46. The second-order valence-electron chi connectivity index (χ2n) is 11.5. The fraction of sp³-hybridized carbons (Fsp3) is 0.533. The van der Waals surface area contributed by atoms with Gasteiger partial charge in [0.05, 0.1) is 19.5 Å². The van der Waals surface area contributed by atoms with Crippen LogP contribution in [0.4, 0.5) is 14.7 Å². The summed E-state index contributed by atoms with van der Waals surface area (Å²) in [6, 6.07) is 3.86. The molecule has 17 heteroatoms. The number of ether oxygens (including phenoxy) is 3. The number of hydrogen-bond donors (Lipinski definition) is 3.